The van der Waals surface area contributed by atoms with Crippen LogP contribution in [0.3, 0.4) is 0 Å². The topological polar surface area (TPSA) is 78.9 Å². The minimum absolute atomic E-state index is 0.00260. The standard InChI is InChI=1S/C22H28BrN3O4S/c1-16(30-20-8-4-17(23)5-9-20)22(27)24-18-6-10-21(11-7-18)31(28,29)26(3)19-12-14-25(2)15-13-19/h4-11,16,19H,12-15H2,1-3H3,(H,24,27)/t16-/m1/s1. The Kier molecular flexibility index (Phi) is 7.74. The van der Waals surface area contributed by atoms with Gasteiger partial charge in [-0.15, -0.1) is 0 Å². The van der Waals surface area contributed by atoms with Crippen LogP contribution in [0.25, 0.3) is 0 Å². The highest BCUT2D eigenvalue weighted by Gasteiger charge is 2.30. The maximum atomic E-state index is 13.0. The lowest BCUT2D eigenvalue weighted by molar-refractivity contribution is -0.122. The van der Waals surface area contributed by atoms with Crippen LogP contribution in [0.15, 0.2) is 57.9 Å². The highest BCUT2D eigenvalue weighted by Crippen LogP contribution is 2.24. The summed E-state index contributed by atoms with van der Waals surface area (Å²) in [6.45, 7) is 3.43. The van der Waals surface area contributed by atoms with Gasteiger partial charge in [0.1, 0.15) is 5.75 Å². The van der Waals surface area contributed by atoms with Gasteiger partial charge < -0.3 is 15.0 Å². The first-order valence-electron chi connectivity index (χ1n) is 10.2. The third kappa shape index (κ3) is 6.06. The SMILES string of the molecule is C[C@@H](Oc1ccc(Br)cc1)C(=O)Nc1ccc(S(=O)(=O)N(C)C2CCN(C)CC2)cc1. The van der Waals surface area contributed by atoms with Gasteiger partial charge in [-0.2, -0.15) is 4.31 Å². The highest BCUT2D eigenvalue weighted by molar-refractivity contribution is 9.10. The van der Waals surface area contributed by atoms with Gasteiger partial charge in [0.05, 0.1) is 4.90 Å². The quantitative estimate of drug-likeness (QED) is 0.617. The zero-order valence-corrected chi connectivity index (χ0v) is 20.3. The molecule has 1 aliphatic rings. The lowest BCUT2D eigenvalue weighted by atomic mass is 10.1. The summed E-state index contributed by atoms with van der Waals surface area (Å²) in [6.07, 6.45) is 0.924. The van der Waals surface area contributed by atoms with Crippen LogP contribution in [-0.2, 0) is 14.8 Å². The number of benzene rings is 2. The molecule has 9 heteroatoms. The molecule has 0 bridgehead atoms. The summed E-state index contributed by atoms with van der Waals surface area (Å²) in [5.74, 6) is 0.270. The van der Waals surface area contributed by atoms with Crippen LogP contribution in [0.4, 0.5) is 5.69 Å². The molecule has 2 aromatic rings. The number of amides is 1. The number of anilines is 1. The minimum atomic E-state index is -3.59. The molecular formula is C22H28BrN3O4S. The third-order valence-corrected chi connectivity index (χ3v) is 7.95. The van der Waals surface area contributed by atoms with Crippen molar-refractivity contribution in [2.45, 2.75) is 36.8 Å². The van der Waals surface area contributed by atoms with Gasteiger partial charge in [0.25, 0.3) is 5.91 Å². The molecule has 0 saturated carbocycles. The van der Waals surface area contributed by atoms with E-state index in [9.17, 15) is 13.2 Å². The van der Waals surface area contributed by atoms with E-state index in [1.54, 1.807) is 38.2 Å². The van der Waals surface area contributed by atoms with E-state index in [0.29, 0.717) is 11.4 Å². The van der Waals surface area contributed by atoms with Gasteiger partial charge in [0.2, 0.25) is 10.0 Å². The second-order valence-electron chi connectivity index (χ2n) is 7.78. The Morgan fingerprint density at radius 2 is 1.71 bits per heavy atom. The molecular weight excluding hydrogens is 482 g/mol. The Bertz CT molecular complexity index is 988. The van der Waals surface area contributed by atoms with Crippen molar-refractivity contribution >= 4 is 37.5 Å². The Morgan fingerprint density at radius 1 is 1.13 bits per heavy atom. The molecule has 168 valence electrons. The maximum absolute atomic E-state index is 13.0. The zero-order valence-electron chi connectivity index (χ0n) is 17.9. The molecule has 1 amide bonds. The van der Waals surface area contributed by atoms with Crippen molar-refractivity contribution in [3.63, 3.8) is 0 Å². The summed E-state index contributed by atoms with van der Waals surface area (Å²) in [5, 5.41) is 2.76. The van der Waals surface area contributed by atoms with Crippen molar-refractivity contribution in [3.8, 4) is 5.75 Å². The molecule has 1 aliphatic heterocycles. The summed E-state index contributed by atoms with van der Waals surface area (Å²) in [6, 6.07) is 13.5. The minimum Gasteiger partial charge on any atom is -0.481 e. The lowest BCUT2D eigenvalue weighted by Gasteiger charge is -2.34. The number of sulfonamides is 1. The number of likely N-dealkylation sites (tertiary alicyclic amines) is 1. The van der Waals surface area contributed by atoms with Crippen molar-refractivity contribution in [1.29, 1.82) is 0 Å². The van der Waals surface area contributed by atoms with Gasteiger partial charge in [0, 0.05) is 23.2 Å². The van der Waals surface area contributed by atoms with Crippen molar-refractivity contribution in [2.24, 2.45) is 0 Å². The fourth-order valence-electron chi connectivity index (χ4n) is 3.45. The third-order valence-electron chi connectivity index (χ3n) is 5.50. The highest BCUT2D eigenvalue weighted by atomic mass is 79.9. The molecule has 0 radical (unpaired) electrons. The Hall–Kier alpha value is -1.94. The molecule has 0 unspecified atom stereocenters. The fourth-order valence-corrected chi connectivity index (χ4v) is 5.13. The van der Waals surface area contributed by atoms with Crippen LogP contribution in [0.1, 0.15) is 19.8 Å². The van der Waals surface area contributed by atoms with E-state index in [-0.39, 0.29) is 16.8 Å². The molecule has 31 heavy (non-hydrogen) atoms. The smallest absolute Gasteiger partial charge is 0.265 e. The molecule has 0 aliphatic carbocycles. The Labute approximate surface area is 192 Å². The number of nitrogens with zero attached hydrogens (tertiary/aromatic N) is 2. The van der Waals surface area contributed by atoms with Crippen LogP contribution >= 0.6 is 15.9 Å². The summed E-state index contributed by atoms with van der Waals surface area (Å²) < 4.78 is 34.0. The summed E-state index contributed by atoms with van der Waals surface area (Å²) in [4.78, 5) is 14.8. The predicted octanol–water partition coefficient (Wildman–Crippen LogP) is 3.57. The molecule has 1 fully saturated rings. The molecule has 0 aromatic heterocycles. The van der Waals surface area contributed by atoms with Gasteiger partial charge in [0.15, 0.2) is 6.10 Å². The first-order valence-corrected chi connectivity index (χ1v) is 12.4. The van der Waals surface area contributed by atoms with Crippen molar-refractivity contribution in [1.82, 2.24) is 9.21 Å². The Balaban J connectivity index is 1.61. The summed E-state index contributed by atoms with van der Waals surface area (Å²) >= 11 is 3.36. The van der Waals surface area contributed by atoms with Gasteiger partial charge >= 0.3 is 0 Å². The monoisotopic (exact) mass is 509 g/mol. The van der Waals surface area contributed by atoms with Crippen molar-refractivity contribution in [2.75, 3.05) is 32.5 Å². The number of hydrogen-bond acceptors (Lipinski definition) is 5. The summed E-state index contributed by atoms with van der Waals surface area (Å²) in [7, 11) is 0.0969. The van der Waals surface area contributed by atoms with Gasteiger partial charge in [-0.3, -0.25) is 4.79 Å². The average molecular weight is 510 g/mol. The van der Waals surface area contributed by atoms with Crippen molar-refractivity contribution in [3.05, 3.63) is 53.0 Å². The predicted molar refractivity (Wildman–Crippen MR) is 125 cm³/mol. The number of rotatable bonds is 7. The number of carbonyl (C=O) groups excluding carboxylic acids is 1. The number of nitrogens with one attached hydrogen (secondary N) is 1. The molecule has 1 N–H and O–H groups in total. The average Bonchev–Trinajstić information content (AvgIpc) is 2.75. The van der Waals surface area contributed by atoms with E-state index in [2.05, 4.69) is 26.1 Å². The number of hydrogen-bond donors (Lipinski definition) is 1. The number of carbonyl (C=O) groups is 1. The summed E-state index contributed by atoms with van der Waals surface area (Å²) in [5.41, 5.74) is 0.511. The van der Waals surface area contributed by atoms with Crippen LogP contribution in [0.5, 0.6) is 5.75 Å². The zero-order chi connectivity index (χ0) is 22.6. The molecule has 7 nitrogen and oxygen atoms in total. The van der Waals surface area contributed by atoms with Crippen LogP contribution in [0, 0.1) is 0 Å². The molecule has 1 atom stereocenters. The van der Waals surface area contributed by atoms with Gasteiger partial charge in [-0.05, 0) is 88.4 Å². The normalized spacial score (nSPS) is 16.8. The van der Waals surface area contributed by atoms with Crippen LogP contribution in [0.2, 0.25) is 0 Å². The van der Waals surface area contributed by atoms with Crippen LogP contribution in [-0.4, -0.2) is 62.9 Å². The van der Waals surface area contributed by atoms with Gasteiger partial charge in [-0.25, -0.2) is 8.42 Å². The fraction of sp³-hybridized carbons (Fsp3) is 0.409. The number of halogens is 1. The maximum Gasteiger partial charge on any atom is 0.265 e. The van der Waals surface area contributed by atoms with E-state index >= 15 is 0 Å². The Morgan fingerprint density at radius 3 is 2.29 bits per heavy atom. The lowest BCUT2D eigenvalue weighted by Crippen LogP contribution is -2.44. The second kappa shape index (κ2) is 10.1. The van der Waals surface area contributed by atoms with E-state index in [1.807, 2.05) is 19.2 Å². The van der Waals surface area contributed by atoms with Gasteiger partial charge in [-0.1, -0.05) is 15.9 Å². The molecule has 0 spiro atoms. The molecule has 3 rings (SSSR count). The van der Waals surface area contributed by atoms with E-state index in [1.165, 1.54) is 16.4 Å². The largest absolute Gasteiger partial charge is 0.481 e. The molecule has 2 aromatic carbocycles. The van der Waals surface area contributed by atoms with Crippen molar-refractivity contribution < 1.29 is 17.9 Å². The number of ether oxygens (including phenoxy) is 1. The molecule has 1 saturated heterocycles. The van der Waals surface area contributed by atoms with E-state index < -0.39 is 16.1 Å². The second-order valence-corrected chi connectivity index (χ2v) is 10.7. The van der Waals surface area contributed by atoms with E-state index in [4.69, 9.17) is 4.74 Å². The first kappa shape index (κ1) is 23.7. The molecule has 1 heterocycles. The van der Waals surface area contributed by atoms with Crippen LogP contribution < -0.4 is 10.1 Å². The van der Waals surface area contributed by atoms with E-state index in [0.717, 1.165) is 30.4 Å². The number of piperidine rings is 1. The first-order chi connectivity index (χ1) is 14.7.